The van der Waals surface area contributed by atoms with Crippen LogP contribution >= 0.6 is 23.6 Å². The van der Waals surface area contributed by atoms with Gasteiger partial charge in [0.15, 0.2) is 16.7 Å². The van der Waals surface area contributed by atoms with Gasteiger partial charge in [-0.3, -0.25) is 19.7 Å². The van der Waals surface area contributed by atoms with Crippen LogP contribution in [0.5, 0.6) is 0 Å². The summed E-state index contributed by atoms with van der Waals surface area (Å²) in [5.74, 6) is -0.766. The quantitative estimate of drug-likeness (QED) is 0.388. The maximum Gasteiger partial charge on any atom is 0.250 e. The number of fused-ring (bicyclic) bond motifs is 2. The van der Waals surface area contributed by atoms with Gasteiger partial charge in [0.25, 0.3) is 0 Å². The number of hydrogen-bond acceptors (Lipinski definition) is 5. The molecule has 2 N–H and O–H groups in total. The Morgan fingerprint density at radius 2 is 1.59 bits per heavy atom. The first-order valence-corrected chi connectivity index (χ1v) is 9.98. The molecule has 3 aromatic rings. The van der Waals surface area contributed by atoms with Crippen molar-refractivity contribution in [3.05, 3.63) is 93.2 Å². The van der Waals surface area contributed by atoms with Crippen molar-refractivity contribution in [3.8, 4) is 0 Å². The van der Waals surface area contributed by atoms with Crippen LogP contribution in [0.2, 0.25) is 0 Å². The predicted molar refractivity (Wildman–Crippen MR) is 117 cm³/mol. The van der Waals surface area contributed by atoms with E-state index < -0.39 is 0 Å². The number of anilines is 1. The molecule has 0 radical (unpaired) electrons. The first kappa shape index (κ1) is 18.9. The summed E-state index contributed by atoms with van der Waals surface area (Å²) in [6.45, 7) is 0. The molecule has 1 aromatic heterocycles. The maximum atomic E-state index is 12.8. The van der Waals surface area contributed by atoms with Crippen LogP contribution in [0.15, 0.2) is 66.1 Å². The normalized spacial score (nSPS) is 12.4. The summed E-state index contributed by atoms with van der Waals surface area (Å²) in [6, 6.07) is 15.4. The van der Waals surface area contributed by atoms with Gasteiger partial charge in [0, 0.05) is 38.9 Å². The summed E-state index contributed by atoms with van der Waals surface area (Å²) in [7, 11) is 0. The van der Waals surface area contributed by atoms with Crippen molar-refractivity contribution in [2.45, 2.75) is 0 Å². The molecular weight excluding hydrogens is 404 g/mol. The van der Waals surface area contributed by atoms with E-state index >= 15 is 0 Å². The average molecular weight is 418 g/mol. The van der Waals surface area contributed by atoms with E-state index in [4.69, 9.17) is 12.2 Å². The summed E-state index contributed by atoms with van der Waals surface area (Å²) in [4.78, 5) is 38.4. The third kappa shape index (κ3) is 3.91. The lowest BCUT2D eigenvalue weighted by atomic mass is 9.84. The highest BCUT2D eigenvalue weighted by Gasteiger charge is 2.29. The number of thiophene rings is 1. The zero-order valence-corrected chi connectivity index (χ0v) is 16.6. The van der Waals surface area contributed by atoms with Gasteiger partial charge in [-0.15, -0.1) is 11.3 Å². The van der Waals surface area contributed by atoms with Gasteiger partial charge in [-0.1, -0.05) is 30.3 Å². The number of carbonyl (C=O) groups excluding carboxylic acids is 3. The lowest BCUT2D eigenvalue weighted by Crippen LogP contribution is -2.33. The van der Waals surface area contributed by atoms with Gasteiger partial charge >= 0.3 is 0 Å². The number of hydrogen-bond donors (Lipinski definition) is 2. The highest BCUT2D eigenvalue weighted by Crippen LogP contribution is 2.29. The number of thiocarbonyl (C=S) groups is 1. The first-order valence-electron chi connectivity index (χ1n) is 8.69. The molecule has 0 saturated carbocycles. The standard InChI is InChI=1S/C22H14N2O3S2/c25-19(10-8-14-4-3-11-29-14)24-22(28)23-13-7-9-17-18(12-13)21(27)16-6-2-1-5-15(16)20(17)26/h1-12H,(H2,23,24,25,28)/b10-8+. The monoisotopic (exact) mass is 418 g/mol. The highest BCUT2D eigenvalue weighted by atomic mass is 32.1. The Balaban J connectivity index is 1.48. The molecule has 0 fully saturated rings. The molecule has 4 rings (SSSR count). The fourth-order valence-electron chi connectivity index (χ4n) is 3.04. The van der Waals surface area contributed by atoms with Gasteiger partial charge in [-0.2, -0.15) is 0 Å². The second-order valence-electron chi connectivity index (χ2n) is 6.26. The third-order valence-electron chi connectivity index (χ3n) is 4.36. The average Bonchev–Trinajstić information content (AvgIpc) is 3.24. The number of benzene rings is 2. The van der Waals surface area contributed by atoms with E-state index in [0.717, 1.165) is 4.88 Å². The molecule has 142 valence electrons. The summed E-state index contributed by atoms with van der Waals surface area (Å²) >= 11 is 6.69. The molecule has 0 unspecified atom stereocenters. The van der Waals surface area contributed by atoms with Crippen LogP contribution in [-0.4, -0.2) is 22.6 Å². The molecule has 0 bridgehead atoms. The summed E-state index contributed by atoms with van der Waals surface area (Å²) < 4.78 is 0. The van der Waals surface area contributed by atoms with Crippen molar-refractivity contribution >= 4 is 57.9 Å². The zero-order valence-electron chi connectivity index (χ0n) is 15.0. The van der Waals surface area contributed by atoms with Crippen LogP contribution in [0, 0.1) is 0 Å². The minimum Gasteiger partial charge on any atom is -0.332 e. The van der Waals surface area contributed by atoms with E-state index in [1.807, 2.05) is 17.5 Å². The van der Waals surface area contributed by atoms with E-state index in [-0.39, 0.29) is 22.6 Å². The molecule has 1 heterocycles. The second kappa shape index (κ2) is 7.90. The topological polar surface area (TPSA) is 75.3 Å². The molecule has 7 heteroatoms. The fraction of sp³-hybridized carbons (Fsp3) is 0. The van der Waals surface area contributed by atoms with Gasteiger partial charge in [-0.25, -0.2) is 0 Å². The SMILES string of the molecule is O=C(/C=C/c1cccs1)NC(=S)Nc1ccc2c(c1)C(=O)c1ccccc1C2=O. The van der Waals surface area contributed by atoms with Crippen molar-refractivity contribution in [2.24, 2.45) is 0 Å². The Morgan fingerprint density at radius 1 is 0.897 bits per heavy atom. The molecular formula is C22H14N2O3S2. The van der Waals surface area contributed by atoms with Gasteiger partial charge in [-0.05, 0) is 47.9 Å². The van der Waals surface area contributed by atoms with Crippen LogP contribution in [-0.2, 0) is 4.79 Å². The van der Waals surface area contributed by atoms with Gasteiger partial charge < -0.3 is 5.32 Å². The molecule has 1 aliphatic rings. The molecule has 1 aliphatic carbocycles. The van der Waals surface area contributed by atoms with Gasteiger partial charge in [0.2, 0.25) is 5.91 Å². The van der Waals surface area contributed by atoms with Crippen LogP contribution in [0.4, 0.5) is 5.69 Å². The molecule has 0 atom stereocenters. The number of carbonyl (C=O) groups is 3. The maximum absolute atomic E-state index is 12.8. The Kier molecular flexibility index (Phi) is 5.16. The van der Waals surface area contributed by atoms with Crippen molar-refractivity contribution in [1.82, 2.24) is 5.32 Å². The van der Waals surface area contributed by atoms with E-state index in [1.54, 1.807) is 48.5 Å². The van der Waals surface area contributed by atoms with Crippen LogP contribution < -0.4 is 10.6 Å². The molecule has 29 heavy (non-hydrogen) atoms. The van der Waals surface area contributed by atoms with E-state index in [9.17, 15) is 14.4 Å². The minimum absolute atomic E-state index is 0.0979. The third-order valence-corrected chi connectivity index (χ3v) is 5.40. The number of nitrogens with one attached hydrogen (secondary N) is 2. The molecule has 1 amide bonds. The van der Waals surface area contributed by atoms with E-state index in [0.29, 0.717) is 27.9 Å². The van der Waals surface area contributed by atoms with Crippen molar-refractivity contribution in [1.29, 1.82) is 0 Å². The molecule has 0 aliphatic heterocycles. The lowest BCUT2D eigenvalue weighted by Gasteiger charge is -2.18. The van der Waals surface area contributed by atoms with E-state index in [2.05, 4.69) is 10.6 Å². The Bertz CT molecular complexity index is 1180. The summed E-state index contributed by atoms with van der Waals surface area (Å²) in [5.41, 5.74) is 1.97. The second-order valence-corrected chi connectivity index (χ2v) is 7.64. The zero-order chi connectivity index (χ0) is 20.4. The number of ketones is 2. The lowest BCUT2D eigenvalue weighted by molar-refractivity contribution is -0.115. The minimum atomic E-state index is -0.367. The van der Waals surface area contributed by atoms with Crippen molar-refractivity contribution < 1.29 is 14.4 Å². The highest BCUT2D eigenvalue weighted by molar-refractivity contribution is 7.80. The largest absolute Gasteiger partial charge is 0.332 e. The van der Waals surface area contributed by atoms with Crippen molar-refractivity contribution in [2.75, 3.05) is 5.32 Å². The van der Waals surface area contributed by atoms with Crippen LogP contribution in [0.3, 0.4) is 0 Å². The molecule has 2 aromatic carbocycles. The Morgan fingerprint density at radius 3 is 2.28 bits per heavy atom. The number of rotatable bonds is 3. The fourth-order valence-corrected chi connectivity index (χ4v) is 3.87. The smallest absolute Gasteiger partial charge is 0.250 e. The molecule has 0 saturated heterocycles. The van der Waals surface area contributed by atoms with Gasteiger partial charge in [0.05, 0.1) is 0 Å². The van der Waals surface area contributed by atoms with E-state index in [1.165, 1.54) is 17.4 Å². The van der Waals surface area contributed by atoms with Crippen LogP contribution in [0.1, 0.15) is 36.7 Å². The summed E-state index contributed by atoms with van der Waals surface area (Å²) in [5, 5.41) is 7.45. The van der Waals surface area contributed by atoms with Gasteiger partial charge in [0.1, 0.15) is 0 Å². The molecule has 0 spiro atoms. The number of amides is 1. The Labute approximate surface area is 176 Å². The predicted octanol–water partition coefficient (Wildman–Crippen LogP) is 4.05. The molecule has 5 nitrogen and oxygen atoms in total. The first-order chi connectivity index (χ1) is 14.0. The Hall–Kier alpha value is -3.42. The summed E-state index contributed by atoms with van der Waals surface area (Å²) in [6.07, 6.45) is 3.09. The van der Waals surface area contributed by atoms with Crippen LogP contribution in [0.25, 0.3) is 6.08 Å². The van der Waals surface area contributed by atoms with Crippen molar-refractivity contribution in [3.63, 3.8) is 0 Å².